The van der Waals surface area contributed by atoms with Crippen LogP contribution in [-0.4, -0.2) is 61.3 Å². The minimum Gasteiger partial charge on any atom is -0.497 e. The van der Waals surface area contributed by atoms with E-state index < -0.39 is 15.4 Å². The van der Waals surface area contributed by atoms with Crippen molar-refractivity contribution >= 4 is 21.4 Å². The molecule has 2 aromatic carbocycles. The number of nitriles is 1. The number of hydrogen-bond acceptors (Lipinski definition) is 7. The van der Waals surface area contributed by atoms with E-state index in [1.807, 2.05) is 47.3 Å². The molecule has 1 N–H and O–H groups in total. The van der Waals surface area contributed by atoms with Crippen molar-refractivity contribution in [3.8, 4) is 28.6 Å². The second kappa shape index (κ2) is 10.9. The Morgan fingerprint density at radius 3 is 2.49 bits per heavy atom. The Morgan fingerprint density at radius 2 is 1.80 bits per heavy atom. The fraction of sp³-hybridized carbons (Fsp3) is 0.452. The van der Waals surface area contributed by atoms with Crippen molar-refractivity contribution in [3.05, 3.63) is 60.4 Å². The monoisotopic (exact) mass is 573 g/mol. The molecule has 3 fully saturated rings. The van der Waals surface area contributed by atoms with Gasteiger partial charge in [-0.3, -0.25) is 4.79 Å². The molecule has 1 amide bonds. The fourth-order valence-corrected chi connectivity index (χ4v) is 7.28. The summed E-state index contributed by atoms with van der Waals surface area (Å²) in [5.41, 5.74) is 3.99. The third-order valence-electron chi connectivity index (χ3n) is 8.73. The van der Waals surface area contributed by atoms with Crippen LogP contribution < -0.4 is 15.0 Å². The van der Waals surface area contributed by atoms with Crippen LogP contribution >= 0.6 is 0 Å². The first-order valence-corrected chi connectivity index (χ1v) is 16.1. The number of nitrogens with zero attached hydrogens (tertiary/aromatic N) is 4. The predicted molar refractivity (Wildman–Crippen MR) is 157 cm³/mol. The first-order chi connectivity index (χ1) is 19.8. The maximum Gasteiger partial charge on any atom is 0.225 e. The Morgan fingerprint density at radius 1 is 1.07 bits per heavy atom. The number of aromatic nitrogens is 2. The molecule has 41 heavy (non-hydrogen) atoms. The molecule has 1 aliphatic heterocycles. The standard InChI is InChI=1S/C31H35N5O4S/c1-40-25-6-4-5-24(19-25)36-20-28(22-9-11-23(12-10-22)35-15-17-41(38,39)18-16-35)29(34-36)26-7-2-3-8-27(26)30(37)33-31(21-32)13-14-31/h4-6,9-12,19-20,26-27H,2-3,7-8,13-18H2,1H3,(H,33,37)/t26-,27-/m1/s1. The summed E-state index contributed by atoms with van der Waals surface area (Å²) in [5.74, 6) is 0.694. The topological polar surface area (TPSA) is 117 Å². The molecule has 214 valence electrons. The summed E-state index contributed by atoms with van der Waals surface area (Å²) >= 11 is 0. The molecule has 2 atom stereocenters. The van der Waals surface area contributed by atoms with Gasteiger partial charge in [0.15, 0.2) is 9.84 Å². The first-order valence-electron chi connectivity index (χ1n) is 14.3. The lowest BCUT2D eigenvalue weighted by atomic mass is 9.75. The third-order valence-corrected chi connectivity index (χ3v) is 10.3. The molecule has 1 aromatic heterocycles. The highest BCUT2D eigenvalue weighted by Crippen LogP contribution is 2.43. The number of carbonyl (C=O) groups excluding carboxylic acids is 1. The Balaban J connectivity index is 1.36. The summed E-state index contributed by atoms with van der Waals surface area (Å²) in [5, 5.41) is 17.7. The van der Waals surface area contributed by atoms with E-state index in [4.69, 9.17) is 9.84 Å². The van der Waals surface area contributed by atoms with Gasteiger partial charge in [-0.2, -0.15) is 10.4 Å². The summed E-state index contributed by atoms with van der Waals surface area (Å²) in [6.07, 6.45) is 7.03. The van der Waals surface area contributed by atoms with Gasteiger partial charge in [0.05, 0.1) is 36.1 Å². The van der Waals surface area contributed by atoms with E-state index >= 15 is 0 Å². The number of sulfone groups is 1. The Hall–Kier alpha value is -3.84. The molecule has 2 saturated carbocycles. The number of hydrogen-bond donors (Lipinski definition) is 1. The van der Waals surface area contributed by atoms with E-state index in [2.05, 4.69) is 28.4 Å². The van der Waals surface area contributed by atoms with Crippen LogP contribution in [0.25, 0.3) is 16.8 Å². The molecule has 2 heterocycles. The lowest BCUT2D eigenvalue weighted by molar-refractivity contribution is -0.127. The number of carbonyl (C=O) groups is 1. The summed E-state index contributed by atoms with van der Waals surface area (Å²) in [6.45, 7) is 0.980. The van der Waals surface area contributed by atoms with Gasteiger partial charge in [-0.25, -0.2) is 13.1 Å². The molecule has 0 spiro atoms. The minimum absolute atomic E-state index is 0.0500. The van der Waals surface area contributed by atoms with Crippen molar-refractivity contribution in [2.75, 3.05) is 36.6 Å². The molecule has 1 saturated heterocycles. The van der Waals surface area contributed by atoms with E-state index in [0.717, 1.165) is 59.6 Å². The molecule has 2 aliphatic carbocycles. The van der Waals surface area contributed by atoms with Gasteiger partial charge in [0, 0.05) is 48.4 Å². The van der Waals surface area contributed by atoms with Crippen LogP contribution in [0, 0.1) is 17.2 Å². The molecule has 0 bridgehead atoms. The Kier molecular flexibility index (Phi) is 7.24. The van der Waals surface area contributed by atoms with Gasteiger partial charge in [-0.05, 0) is 55.5 Å². The van der Waals surface area contributed by atoms with Crippen molar-refractivity contribution in [1.82, 2.24) is 15.1 Å². The number of amides is 1. The number of ether oxygens (including phenoxy) is 1. The van der Waals surface area contributed by atoms with Crippen molar-refractivity contribution in [2.45, 2.75) is 50.0 Å². The van der Waals surface area contributed by atoms with Crippen molar-refractivity contribution < 1.29 is 17.9 Å². The van der Waals surface area contributed by atoms with Crippen LogP contribution in [-0.2, 0) is 14.6 Å². The normalized spacial score (nSPS) is 22.9. The number of nitrogens with one attached hydrogen (secondary N) is 1. The average molecular weight is 574 g/mol. The number of methoxy groups -OCH3 is 1. The lowest BCUT2D eigenvalue weighted by Crippen LogP contribution is -2.42. The van der Waals surface area contributed by atoms with Crippen LogP contribution in [0.3, 0.4) is 0 Å². The molecule has 9 nitrogen and oxygen atoms in total. The van der Waals surface area contributed by atoms with E-state index in [1.165, 1.54) is 0 Å². The van der Waals surface area contributed by atoms with E-state index in [1.54, 1.807) is 7.11 Å². The van der Waals surface area contributed by atoms with Crippen LogP contribution in [0.1, 0.15) is 50.1 Å². The number of anilines is 1. The molecular weight excluding hydrogens is 538 g/mol. The van der Waals surface area contributed by atoms with Gasteiger partial charge >= 0.3 is 0 Å². The summed E-state index contributed by atoms with van der Waals surface area (Å²) in [7, 11) is -1.32. The Labute approximate surface area is 241 Å². The second-order valence-electron chi connectivity index (χ2n) is 11.4. The summed E-state index contributed by atoms with van der Waals surface area (Å²) in [6, 6.07) is 18.2. The van der Waals surface area contributed by atoms with E-state index in [-0.39, 0.29) is 29.2 Å². The van der Waals surface area contributed by atoms with Crippen molar-refractivity contribution in [2.24, 2.45) is 5.92 Å². The molecule has 6 rings (SSSR count). The maximum atomic E-state index is 13.5. The fourth-order valence-electron chi connectivity index (χ4n) is 6.08. The van der Waals surface area contributed by atoms with Crippen LogP contribution in [0.2, 0.25) is 0 Å². The van der Waals surface area contributed by atoms with Crippen LogP contribution in [0.15, 0.2) is 54.7 Å². The van der Waals surface area contributed by atoms with Gasteiger partial charge in [0.25, 0.3) is 0 Å². The molecule has 0 unspecified atom stereocenters. The number of rotatable bonds is 7. The smallest absolute Gasteiger partial charge is 0.225 e. The predicted octanol–water partition coefficient (Wildman–Crippen LogP) is 4.23. The zero-order chi connectivity index (χ0) is 28.6. The first kappa shape index (κ1) is 27.3. The zero-order valence-corrected chi connectivity index (χ0v) is 24.1. The van der Waals surface area contributed by atoms with Crippen molar-refractivity contribution in [3.63, 3.8) is 0 Å². The van der Waals surface area contributed by atoms with Gasteiger partial charge < -0.3 is 15.0 Å². The highest BCUT2D eigenvalue weighted by Gasteiger charge is 2.47. The quantitative estimate of drug-likeness (QED) is 0.450. The largest absolute Gasteiger partial charge is 0.497 e. The number of benzene rings is 2. The SMILES string of the molecule is COc1cccc(-n2cc(-c3ccc(N4CCS(=O)(=O)CC4)cc3)c([C@@H]3CCCC[C@H]3C(=O)NC3(C#N)CC3)n2)c1. The molecule has 3 aliphatic rings. The van der Waals surface area contributed by atoms with E-state index in [0.29, 0.717) is 25.9 Å². The Bertz CT molecular complexity index is 1570. The average Bonchev–Trinajstić information content (AvgIpc) is 3.63. The summed E-state index contributed by atoms with van der Waals surface area (Å²) < 4.78 is 31.1. The maximum absolute atomic E-state index is 13.5. The van der Waals surface area contributed by atoms with Crippen molar-refractivity contribution in [1.29, 1.82) is 5.26 Å². The highest BCUT2D eigenvalue weighted by molar-refractivity contribution is 7.91. The highest BCUT2D eigenvalue weighted by atomic mass is 32.2. The molecular formula is C31H35N5O4S. The molecule has 3 aromatic rings. The lowest BCUT2D eigenvalue weighted by Gasteiger charge is -2.31. The zero-order valence-electron chi connectivity index (χ0n) is 23.3. The summed E-state index contributed by atoms with van der Waals surface area (Å²) in [4.78, 5) is 15.6. The van der Waals surface area contributed by atoms with Gasteiger partial charge in [0.2, 0.25) is 5.91 Å². The van der Waals surface area contributed by atoms with Crippen LogP contribution in [0.5, 0.6) is 5.75 Å². The minimum atomic E-state index is -2.96. The second-order valence-corrected chi connectivity index (χ2v) is 13.7. The van der Waals surface area contributed by atoms with E-state index in [9.17, 15) is 18.5 Å². The van der Waals surface area contributed by atoms with Gasteiger partial charge in [0.1, 0.15) is 11.3 Å². The third kappa shape index (κ3) is 5.68. The molecule has 10 heteroatoms. The van der Waals surface area contributed by atoms with Gasteiger partial charge in [-0.1, -0.05) is 31.0 Å². The molecule has 0 radical (unpaired) electrons. The van der Waals surface area contributed by atoms with Gasteiger partial charge in [-0.15, -0.1) is 0 Å². The van der Waals surface area contributed by atoms with Crippen LogP contribution in [0.4, 0.5) is 5.69 Å².